The normalized spacial score (nSPS) is 10.8. The van der Waals surface area contributed by atoms with E-state index in [9.17, 15) is 9.59 Å². The number of hydrogen-bond acceptors (Lipinski definition) is 5. The fourth-order valence-electron chi connectivity index (χ4n) is 3.23. The number of amides is 2. The summed E-state index contributed by atoms with van der Waals surface area (Å²) in [5.41, 5.74) is 1.04. The van der Waals surface area contributed by atoms with Gasteiger partial charge in [0.1, 0.15) is 12.4 Å². The minimum Gasteiger partial charge on any atom is -0.493 e. The molecule has 1 heterocycles. The van der Waals surface area contributed by atoms with Crippen LogP contribution in [0.2, 0.25) is 0 Å². The molecule has 2 amide bonds. The molecule has 6 nitrogen and oxygen atoms in total. The van der Waals surface area contributed by atoms with E-state index in [1.165, 1.54) is 9.78 Å². The monoisotopic (exact) mass is 466 g/mol. The molecular weight excluding hydrogens is 436 g/mol. The van der Waals surface area contributed by atoms with Gasteiger partial charge in [-0.05, 0) is 57.0 Å². The molecule has 170 valence electrons. The third-order valence-electron chi connectivity index (χ3n) is 4.98. The van der Waals surface area contributed by atoms with Gasteiger partial charge in [0.2, 0.25) is 11.8 Å². The molecule has 0 saturated heterocycles. The Hall–Kier alpha value is -2.25. The van der Waals surface area contributed by atoms with Crippen LogP contribution in [-0.2, 0) is 22.6 Å². The molecule has 0 aliphatic heterocycles. The number of methoxy groups -OCH3 is 2. The van der Waals surface area contributed by atoms with Gasteiger partial charge < -0.3 is 19.3 Å². The second-order valence-corrected chi connectivity index (χ2v) is 9.16. The van der Waals surface area contributed by atoms with Gasteiger partial charge in [-0.1, -0.05) is 6.07 Å². The van der Waals surface area contributed by atoms with E-state index < -0.39 is 0 Å². The second kappa shape index (κ2) is 12.0. The lowest BCUT2D eigenvalue weighted by Gasteiger charge is -2.29. The van der Waals surface area contributed by atoms with Crippen LogP contribution in [-0.4, -0.2) is 60.8 Å². The number of ether oxygens (including phenoxy) is 2. The molecule has 0 radical (unpaired) electrons. The van der Waals surface area contributed by atoms with E-state index in [4.69, 9.17) is 21.1 Å². The third kappa shape index (κ3) is 7.14. The number of aryl methyl sites for hydroxylation is 1. The van der Waals surface area contributed by atoms with E-state index >= 15 is 0 Å². The van der Waals surface area contributed by atoms with Crippen molar-refractivity contribution in [1.82, 2.24) is 9.80 Å². The molecule has 1 aromatic carbocycles. The molecule has 2 rings (SSSR count). The topological polar surface area (TPSA) is 59.1 Å². The first-order valence-corrected chi connectivity index (χ1v) is 11.5. The van der Waals surface area contributed by atoms with Gasteiger partial charge in [0, 0.05) is 22.3 Å². The number of nitrogens with zero attached hydrogens (tertiary/aromatic N) is 2. The Bertz CT molecular complexity index is 884. The standard InChI is InChI=1S/C23H31ClN2O4S/c1-16(2)26(22(27)13-24)15-23(28)25(14-19-8-6-17(3)31-19)11-10-18-7-9-20(29-4)21(12-18)30-5/h6-9,12,16H,10-11,13-15H2,1-5H3. The summed E-state index contributed by atoms with van der Waals surface area (Å²) in [5, 5.41) is 0. The Balaban J connectivity index is 2.18. The quantitative estimate of drug-likeness (QED) is 0.467. The molecule has 0 atom stereocenters. The summed E-state index contributed by atoms with van der Waals surface area (Å²) < 4.78 is 10.7. The minimum atomic E-state index is -0.239. The lowest BCUT2D eigenvalue weighted by atomic mass is 10.1. The van der Waals surface area contributed by atoms with Crippen molar-refractivity contribution in [2.75, 3.05) is 33.2 Å². The summed E-state index contributed by atoms with van der Waals surface area (Å²) in [4.78, 5) is 31.0. The zero-order chi connectivity index (χ0) is 23.0. The number of carbonyl (C=O) groups is 2. The fourth-order valence-corrected chi connectivity index (χ4v) is 4.29. The molecule has 1 aromatic heterocycles. The van der Waals surface area contributed by atoms with Gasteiger partial charge in [-0.2, -0.15) is 0 Å². The first kappa shape index (κ1) is 25.0. The first-order chi connectivity index (χ1) is 14.8. The molecule has 0 N–H and O–H groups in total. The summed E-state index contributed by atoms with van der Waals surface area (Å²) in [6.07, 6.45) is 0.654. The van der Waals surface area contributed by atoms with Gasteiger partial charge in [-0.3, -0.25) is 9.59 Å². The van der Waals surface area contributed by atoms with Crippen LogP contribution in [0, 0.1) is 6.92 Å². The SMILES string of the molecule is COc1ccc(CCN(Cc2ccc(C)s2)C(=O)CN(C(=O)CCl)C(C)C)cc1OC. The van der Waals surface area contributed by atoms with Crippen LogP contribution < -0.4 is 9.47 Å². The van der Waals surface area contributed by atoms with Crippen molar-refractivity contribution in [2.24, 2.45) is 0 Å². The van der Waals surface area contributed by atoms with Gasteiger partial charge in [-0.25, -0.2) is 0 Å². The zero-order valence-corrected chi connectivity index (χ0v) is 20.4. The summed E-state index contributed by atoms with van der Waals surface area (Å²) in [6, 6.07) is 9.75. The van der Waals surface area contributed by atoms with E-state index in [-0.39, 0.29) is 30.3 Å². The Kier molecular flexibility index (Phi) is 9.65. The largest absolute Gasteiger partial charge is 0.493 e. The molecule has 0 unspecified atom stereocenters. The molecule has 0 aliphatic rings. The van der Waals surface area contributed by atoms with Crippen LogP contribution in [0.5, 0.6) is 11.5 Å². The van der Waals surface area contributed by atoms with Crippen molar-refractivity contribution in [3.05, 3.63) is 45.6 Å². The van der Waals surface area contributed by atoms with Gasteiger partial charge in [0.25, 0.3) is 0 Å². The number of thiophene rings is 1. The molecule has 0 bridgehead atoms. The first-order valence-electron chi connectivity index (χ1n) is 10.2. The van der Waals surface area contributed by atoms with Crippen LogP contribution in [0.15, 0.2) is 30.3 Å². The summed E-state index contributed by atoms with van der Waals surface area (Å²) in [7, 11) is 3.20. The maximum atomic E-state index is 13.2. The van der Waals surface area contributed by atoms with Crippen LogP contribution in [0.25, 0.3) is 0 Å². The van der Waals surface area contributed by atoms with Crippen molar-refractivity contribution < 1.29 is 19.1 Å². The number of hydrogen-bond donors (Lipinski definition) is 0. The Labute approximate surface area is 193 Å². The molecular formula is C23H31ClN2O4S. The molecule has 0 aliphatic carbocycles. The van der Waals surface area contributed by atoms with Crippen LogP contribution in [0.3, 0.4) is 0 Å². The molecule has 0 fully saturated rings. The smallest absolute Gasteiger partial charge is 0.242 e. The summed E-state index contributed by atoms with van der Waals surface area (Å²) in [5.74, 6) is 0.850. The van der Waals surface area contributed by atoms with Gasteiger partial charge in [0.05, 0.1) is 20.8 Å². The minimum absolute atomic E-state index is 0.0134. The predicted molar refractivity (Wildman–Crippen MR) is 125 cm³/mol. The van der Waals surface area contributed by atoms with Crippen LogP contribution >= 0.6 is 22.9 Å². The maximum Gasteiger partial charge on any atom is 0.242 e. The Morgan fingerprint density at radius 3 is 2.32 bits per heavy atom. The van der Waals surface area contributed by atoms with E-state index in [2.05, 4.69) is 6.07 Å². The molecule has 2 aromatic rings. The van der Waals surface area contributed by atoms with E-state index in [0.717, 1.165) is 10.4 Å². The molecule has 8 heteroatoms. The van der Waals surface area contributed by atoms with Crippen molar-refractivity contribution >= 4 is 34.8 Å². The van der Waals surface area contributed by atoms with Crippen molar-refractivity contribution in [1.29, 1.82) is 0 Å². The number of benzene rings is 1. The van der Waals surface area contributed by atoms with Gasteiger partial charge >= 0.3 is 0 Å². The zero-order valence-electron chi connectivity index (χ0n) is 18.8. The lowest BCUT2D eigenvalue weighted by molar-refractivity contribution is -0.141. The maximum absolute atomic E-state index is 13.2. The lowest BCUT2D eigenvalue weighted by Crippen LogP contribution is -2.46. The Morgan fingerprint density at radius 2 is 1.77 bits per heavy atom. The highest BCUT2D eigenvalue weighted by molar-refractivity contribution is 7.11. The van der Waals surface area contributed by atoms with Gasteiger partial charge in [0.15, 0.2) is 11.5 Å². The van der Waals surface area contributed by atoms with Crippen molar-refractivity contribution in [3.8, 4) is 11.5 Å². The van der Waals surface area contributed by atoms with Crippen molar-refractivity contribution in [2.45, 2.75) is 39.8 Å². The summed E-state index contributed by atoms with van der Waals surface area (Å²) in [6.45, 7) is 6.85. The van der Waals surface area contributed by atoms with E-state index in [0.29, 0.717) is 31.0 Å². The molecule has 0 spiro atoms. The number of halogens is 1. The van der Waals surface area contributed by atoms with Crippen molar-refractivity contribution in [3.63, 3.8) is 0 Å². The van der Waals surface area contributed by atoms with E-state index in [1.54, 1.807) is 30.5 Å². The average Bonchev–Trinajstić information content (AvgIpc) is 3.18. The Morgan fingerprint density at radius 1 is 1.06 bits per heavy atom. The average molecular weight is 467 g/mol. The molecule has 0 saturated carbocycles. The third-order valence-corrected chi connectivity index (χ3v) is 6.19. The number of carbonyl (C=O) groups excluding carboxylic acids is 2. The fraction of sp³-hybridized carbons (Fsp3) is 0.478. The number of alkyl halides is 1. The highest BCUT2D eigenvalue weighted by Gasteiger charge is 2.23. The summed E-state index contributed by atoms with van der Waals surface area (Å²) >= 11 is 7.41. The van der Waals surface area contributed by atoms with E-state index in [1.807, 2.05) is 45.0 Å². The highest BCUT2D eigenvalue weighted by atomic mass is 35.5. The molecule has 31 heavy (non-hydrogen) atoms. The highest BCUT2D eigenvalue weighted by Crippen LogP contribution is 2.28. The van der Waals surface area contributed by atoms with Crippen LogP contribution in [0.1, 0.15) is 29.2 Å². The van der Waals surface area contributed by atoms with Gasteiger partial charge in [-0.15, -0.1) is 22.9 Å². The number of rotatable bonds is 11. The van der Waals surface area contributed by atoms with Crippen LogP contribution in [0.4, 0.5) is 0 Å². The predicted octanol–water partition coefficient (Wildman–Crippen LogP) is 4.12. The second-order valence-electron chi connectivity index (χ2n) is 7.52.